The molecule has 0 N–H and O–H groups in total. The van der Waals surface area contributed by atoms with Crippen LogP contribution in [-0.4, -0.2) is 53.4 Å². The van der Waals surface area contributed by atoms with Gasteiger partial charge in [-0.3, -0.25) is 9.48 Å². The van der Waals surface area contributed by atoms with Gasteiger partial charge in [-0.15, -0.1) is 0 Å². The number of benzene rings is 2. The third-order valence-corrected chi connectivity index (χ3v) is 7.88. The van der Waals surface area contributed by atoms with Gasteiger partial charge in [0.1, 0.15) is 4.90 Å². The number of aromatic nitrogens is 2. The SMILES string of the molecule is CN(Cc1cnn(Cc2ccccc2)c1)C(=O)c1ccc(Cl)c(S(=O)(=O)N2CCCC2)c1. The van der Waals surface area contributed by atoms with E-state index >= 15 is 0 Å². The Kier molecular flexibility index (Phi) is 6.64. The Morgan fingerprint density at radius 3 is 2.53 bits per heavy atom. The van der Waals surface area contributed by atoms with Crippen LogP contribution in [0.5, 0.6) is 0 Å². The zero-order chi connectivity index (χ0) is 22.7. The Morgan fingerprint density at radius 2 is 1.81 bits per heavy atom. The van der Waals surface area contributed by atoms with Crippen molar-refractivity contribution in [3.63, 3.8) is 0 Å². The van der Waals surface area contributed by atoms with Crippen molar-refractivity contribution in [1.29, 1.82) is 0 Å². The summed E-state index contributed by atoms with van der Waals surface area (Å²) in [6, 6.07) is 14.4. The average molecular weight is 473 g/mol. The third kappa shape index (κ3) is 4.87. The van der Waals surface area contributed by atoms with Gasteiger partial charge in [-0.05, 0) is 36.6 Å². The molecular formula is C23H25ClN4O3S. The van der Waals surface area contributed by atoms with E-state index in [1.54, 1.807) is 24.2 Å². The Morgan fingerprint density at radius 1 is 1.09 bits per heavy atom. The highest BCUT2D eigenvalue weighted by Gasteiger charge is 2.30. The monoisotopic (exact) mass is 472 g/mol. The molecule has 1 fully saturated rings. The number of hydrogen-bond acceptors (Lipinski definition) is 4. The first-order valence-corrected chi connectivity index (χ1v) is 12.3. The normalized spacial score (nSPS) is 14.6. The number of rotatable bonds is 7. The molecule has 1 amide bonds. The van der Waals surface area contributed by atoms with Gasteiger partial charge in [0.2, 0.25) is 10.0 Å². The van der Waals surface area contributed by atoms with Crippen LogP contribution in [-0.2, 0) is 23.1 Å². The highest BCUT2D eigenvalue weighted by molar-refractivity contribution is 7.89. The van der Waals surface area contributed by atoms with E-state index in [-0.39, 0.29) is 21.4 Å². The summed E-state index contributed by atoms with van der Waals surface area (Å²) in [5, 5.41) is 4.50. The van der Waals surface area contributed by atoms with Crippen molar-refractivity contribution in [1.82, 2.24) is 19.0 Å². The molecule has 4 rings (SSSR count). The number of nitrogens with zero attached hydrogens (tertiary/aromatic N) is 4. The van der Waals surface area contributed by atoms with Crippen LogP contribution in [0.4, 0.5) is 0 Å². The standard InChI is InChI=1S/C23H25ClN4O3S/c1-26(15-19-14-25-27(17-19)16-18-7-3-2-4-8-18)23(29)20-9-10-21(24)22(13-20)32(30,31)28-11-5-6-12-28/h2-4,7-10,13-14,17H,5-6,11-12,15-16H2,1H3. The van der Waals surface area contributed by atoms with Crippen LogP contribution in [0.15, 0.2) is 65.8 Å². The molecule has 0 unspecified atom stereocenters. The predicted molar refractivity (Wildman–Crippen MR) is 123 cm³/mol. The van der Waals surface area contributed by atoms with Gasteiger partial charge in [0.05, 0.1) is 17.8 Å². The van der Waals surface area contributed by atoms with Gasteiger partial charge in [0.25, 0.3) is 5.91 Å². The van der Waals surface area contributed by atoms with Crippen molar-refractivity contribution in [3.8, 4) is 0 Å². The summed E-state index contributed by atoms with van der Waals surface area (Å²) in [7, 11) is -2.04. The van der Waals surface area contributed by atoms with E-state index in [4.69, 9.17) is 11.6 Å². The van der Waals surface area contributed by atoms with Crippen LogP contribution in [0, 0.1) is 0 Å². The van der Waals surface area contributed by atoms with E-state index in [1.165, 1.54) is 16.4 Å². The van der Waals surface area contributed by atoms with Crippen molar-refractivity contribution < 1.29 is 13.2 Å². The Bertz CT molecular complexity index is 1200. The Labute approximate surface area is 193 Å². The summed E-state index contributed by atoms with van der Waals surface area (Å²) >= 11 is 6.20. The molecule has 0 saturated carbocycles. The molecule has 1 aromatic heterocycles. The zero-order valence-corrected chi connectivity index (χ0v) is 19.4. The molecule has 168 valence electrons. The minimum atomic E-state index is -3.72. The van der Waals surface area contributed by atoms with Crippen LogP contribution in [0.25, 0.3) is 0 Å². The topological polar surface area (TPSA) is 75.5 Å². The highest BCUT2D eigenvalue weighted by Crippen LogP contribution is 2.28. The van der Waals surface area contributed by atoms with E-state index in [0.717, 1.165) is 24.0 Å². The van der Waals surface area contributed by atoms with Gasteiger partial charge in [-0.25, -0.2) is 8.42 Å². The van der Waals surface area contributed by atoms with Crippen LogP contribution >= 0.6 is 11.6 Å². The lowest BCUT2D eigenvalue weighted by Gasteiger charge is -2.19. The summed E-state index contributed by atoms with van der Waals surface area (Å²) in [5.41, 5.74) is 2.31. The van der Waals surface area contributed by atoms with Crippen molar-refractivity contribution in [2.24, 2.45) is 0 Å². The molecule has 0 aliphatic carbocycles. The molecule has 0 radical (unpaired) electrons. The first kappa shape index (κ1) is 22.5. The highest BCUT2D eigenvalue weighted by atomic mass is 35.5. The van der Waals surface area contributed by atoms with E-state index < -0.39 is 10.0 Å². The van der Waals surface area contributed by atoms with Gasteiger partial charge in [-0.2, -0.15) is 9.40 Å². The second-order valence-corrected chi connectivity index (χ2v) is 10.3. The second-order valence-electron chi connectivity index (χ2n) is 7.95. The summed E-state index contributed by atoms with van der Waals surface area (Å²) in [6.07, 6.45) is 5.30. The molecule has 1 aliphatic heterocycles. The molecule has 9 heteroatoms. The number of hydrogen-bond donors (Lipinski definition) is 0. The molecule has 2 heterocycles. The number of halogens is 1. The lowest BCUT2D eigenvalue weighted by Crippen LogP contribution is -2.29. The number of carbonyl (C=O) groups excluding carboxylic acids is 1. The third-order valence-electron chi connectivity index (χ3n) is 5.50. The number of sulfonamides is 1. The van der Waals surface area contributed by atoms with Crippen molar-refractivity contribution in [3.05, 3.63) is 82.6 Å². The molecular weight excluding hydrogens is 448 g/mol. The maximum Gasteiger partial charge on any atom is 0.253 e. The predicted octanol–water partition coefficient (Wildman–Crippen LogP) is 3.64. The van der Waals surface area contributed by atoms with Crippen LogP contribution in [0.3, 0.4) is 0 Å². The van der Waals surface area contributed by atoms with Crippen molar-refractivity contribution in [2.45, 2.75) is 30.8 Å². The summed E-state index contributed by atoms with van der Waals surface area (Å²) < 4.78 is 29.1. The molecule has 1 saturated heterocycles. The quantitative estimate of drug-likeness (QED) is 0.526. The molecule has 1 aliphatic rings. The number of carbonyl (C=O) groups is 1. The fourth-order valence-electron chi connectivity index (χ4n) is 3.81. The maximum atomic E-state index is 13.0. The first-order chi connectivity index (χ1) is 15.3. The van der Waals surface area contributed by atoms with Crippen LogP contribution in [0.1, 0.15) is 34.3 Å². The van der Waals surface area contributed by atoms with Gasteiger partial charge in [0.15, 0.2) is 0 Å². The lowest BCUT2D eigenvalue weighted by atomic mass is 10.2. The minimum Gasteiger partial charge on any atom is -0.337 e. The smallest absolute Gasteiger partial charge is 0.253 e. The number of amides is 1. The van der Waals surface area contributed by atoms with Gasteiger partial charge >= 0.3 is 0 Å². The largest absolute Gasteiger partial charge is 0.337 e. The van der Waals surface area contributed by atoms with E-state index in [2.05, 4.69) is 5.10 Å². The van der Waals surface area contributed by atoms with Gasteiger partial charge in [-0.1, -0.05) is 41.9 Å². The fraction of sp³-hybridized carbons (Fsp3) is 0.304. The second kappa shape index (κ2) is 9.44. The van der Waals surface area contributed by atoms with Crippen LogP contribution in [0.2, 0.25) is 5.02 Å². The average Bonchev–Trinajstić information content (AvgIpc) is 3.47. The lowest BCUT2D eigenvalue weighted by molar-refractivity contribution is 0.0785. The first-order valence-electron chi connectivity index (χ1n) is 10.4. The minimum absolute atomic E-state index is 0.0176. The molecule has 3 aromatic rings. The zero-order valence-electron chi connectivity index (χ0n) is 17.8. The summed E-state index contributed by atoms with van der Waals surface area (Å²) in [5.74, 6) is -0.282. The summed E-state index contributed by atoms with van der Waals surface area (Å²) in [6.45, 7) is 1.95. The van der Waals surface area contributed by atoms with Gasteiger partial charge < -0.3 is 4.90 Å². The molecule has 0 bridgehead atoms. The van der Waals surface area contributed by atoms with E-state index in [0.29, 0.717) is 26.2 Å². The molecule has 2 aromatic carbocycles. The Balaban J connectivity index is 1.47. The molecule has 0 atom stereocenters. The maximum absolute atomic E-state index is 13.0. The Hall–Kier alpha value is -2.68. The molecule has 32 heavy (non-hydrogen) atoms. The molecule has 7 nitrogen and oxygen atoms in total. The van der Waals surface area contributed by atoms with E-state index in [9.17, 15) is 13.2 Å². The fourth-order valence-corrected chi connectivity index (χ4v) is 5.83. The summed E-state index contributed by atoms with van der Waals surface area (Å²) in [4.78, 5) is 14.5. The van der Waals surface area contributed by atoms with Crippen molar-refractivity contribution in [2.75, 3.05) is 20.1 Å². The molecule has 0 spiro atoms. The van der Waals surface area contributed by atoms with E-state index in [1.807, 2.05) is 41.2 Å². The van der Waals surface area contributed by atoms with Gasteiger partial charge in [0, 0.05) is 44.0 Å². The van der Waals surface area contributed by atoms with Crippen LogP contribution < -0.4 is 0 Å². The van der Waals surface area contributed by atoms with Crippen molar-refractivity contribution >= 4 is 27.5 Å².